The largest absolute Gasteiger partial charge is 0.308 e. The second-order valence-corrected chi connectivity index (χ2v) is 5.05. The fraction of sp³-hybridized carbons (Fsp3) is 0.583. The van der Waals surface area contributed by atoms with Crippen LogP contribution < -0.4 is 5.32 Å². The summed E-state index contributed by atoms with van der Waals surface area (Å²) in [7, 11) is 0. The first kappa shape index (κ1) is 12.4. The Kier molecular flexibility index (Phi) is 4.99. The van der Waals surface area contributed by atoms with E-state index in [0.29, 0.717) is 6.04 Å². The highest BCUT2D eigenvalue weighted by Gasteiger charge is 2.08. The Morgan fingerprint density at radius 2 is 2.40 bits per heavy atom. The van der Waals surface area contributed by atoms with Crippen LogP contribution in [-0.2, 0) is 6.42 Å². The second kappa shape index (κ2) is 6.03. The number of aromatic nitrogens is 1. The van der Waals surface area contributed by atoms with Gasteiger partial charge in [-0.2, -0.15) is 0 Å². The normalized spacial score (nSPS) is 12.7. The van der Waals surface area contributed by atoms with Crippen molar-refractivity contribution in [3.05, 3.63) is 28.2 Å². The summed E-state index contributed by atoms with van der Waals surface area (Å²) in [4.78, 5) is 5.78. The zero-order valence-electron chi connectivity index (χ0n) is 9.84. The summed E-state index contributed by atoms with van der Waals surface area (Å²) in [6.45, 7) is 11.3. The summed E-state index contributed by atoms with van der Waals surface area (Å²) in [5.41, 5.74) is 1.23. The molecule has 0 saturated carbocycles. The van der Waals surface area contributed by atoms with E-state index in [2.05, 4.69) is 37.7 Å². The molecule has 1 unspecified atom stereocenters. The highest BCUT2D eigenvalue weighted by atomic mass is 32.1. The van der Waals surface area contributed by atoms with Gasteiger partial charge in [0, 0.05) is 11.1 Å². The molecular formula is C12H20N2S. The average Bonchev–Trinajstić information content (AvgIpc) is 2.65. The van der Waals surface area contributed by atoms with E-state index in [1.165, 1.54) is 15.5 Å². The standard InChI is InChI=1S/C12H20N2S/c1-5-11-8-14-12(15-11)10(4)13-7-6-9(2)3/h8,10,13H,2,5-7H2,1,3-4H3. The first-order valence-corrected chi connectivity index (χ1v) is 6.27. The molecule has 1 heterocycles. The van der Waals surface area contributed by atoms with Gasteiger partial charge in [0.05, 0.1) is 6.04 Å². The quantitative estimate of drug-likeness (QED) is 0.750. The fourth-order valence-corrected chi connectivity index (χ4v) is 2.16. The van der Waals surface area contributed by atoms with Crippen molar-refractivity contribution in [1.82, 2.24) is 10.3 Å². The van der Waals surface area contributed by atoms with E-state index in [1.54, 1.807) is 11.3 Å². The van der Waals surface area contributed by atoms with Crippen molar-refractivity contribution in [2.75, 3.05) is 6.54 Å². The van der Waals surface area contributed by atoms with Crippen molar-refractivity contribution in [2.45, 2.75) is 39.7 Å². The molecule has 0 bridgehead atoms. The van der Waals surface area contributed by atoms with Crippen molar-refractivity contribution in [3.63, 3.8) is 0 Å². The zero-order chi connectivity index (χ0) is 11.3. The number of rotatable bonds is 6. The topological polar surface area (TPSA) is 24.9 Å². The first-order valence-electron chi connectivity index (χ1n) is 5.45. The number of nitrogens with zero attached hydrogens (tertiary/aromatic N) is 1. The fourth-order valence-electron chi connectivity index (χ4n) is 1.28. The summed E-state index contributed by atoms with van der Waals surface area (Å²) >= 11 is 1.80. The van der Waals surface area contributed by atoms with Gasteiger partial charge in [-0.05, 0) is 33.2 Å². The molecule has 0 radical (unpaired) electrons. The lowest BCUT2D eigenvalue weighted by molar-refractivity contribution is 0.573. The summed E-state index contributed by atoms with van der Waals surface area (Å²) < 4.78 is 0. The third-order valence-electron chi connectivity index (χ3n) is 2.29. The molecule has 0 aromatic carbocycles. The van der Waals surface area contributed by atoms with Gasteiger partial charge >= 0.3 is 0 Å². The van der Waals surface area contributed by atoms with Crippen LogP contribution in [0.3, 0.4) is 0 Å². The average molecular weight is 224 g/mol. The monoisotopic (exact) mass is 224 g/mol. The molecule has 0 spiro atoms. The SMILES string of the molecule is C=C(C)CCNC(C)c1ncc(CC)s1. The molecular weight excluding hydrogens is 204 g/mol. The molecule has 0 fully saturated rings. The van der Waals surface area contributed by atoms with Crippen LogP contribution in [0.2, 0.25) is 0 Å². The van der Waals surface area contributed by atoms with Crippen LogP contribution in [0.15, 0.2) is 18.3 Å². The summed E-state index contributed by atoms with van der Waals surface area (Å²) in [6, 6.07) is 0.356. The Labute approximate surface area is 96.4 Å². The Bertz CT molecular complexity index is 317. The minimum absolute atomic E-state index is 0.356. The zero-order valence-corrected chi connectivity index (χ0v) is 10.7. The minimum Gasteiger partial charge on any atom is -0.308 e. The maximum absolute atomic E-state index is 4.42. The molecule has 1 N–H and O–H groups in total. The summed E-state index contributed by atoms with van der Waals surface area (Å²) in [5, 5.41) is 4.64. The third-order valence-corrected chi connectivity index (χ3v) is 3.62. The lowest BCUT2D eigenvalue weighted by Gasteiger charge is -2.10. The van der Waals surface area contributed by atoms with E-state index in [9.17, 15) is 0 Å². The van der Waals surface area contributed by atoms with Crippen LogP contribution in [0.4, 0.5) is 0 Å². The van der Waals surface area contributed by atoms with Crippen molar-refractivity contribution in [1.29, 1.82) is 0 Å². The lowest BCUT2D eigenvalue weighted by atomic mass is 10.2. The van der Waals surface area contributed by atoms with Gasteiger partial charge in [-0.1, -0.05) is 12.5 Å². The first-order chi connectivity index (χ1) is 7.13. The van der Waals surface area contributed by atoms with Gasteiger partial charge in [0.25, 0.3) is 0 Å². The van der Waals surface area contributed by atoms with Gasteiger partial charge in [-0.3, -0.25) is 0 Å². The minimum atomic E-state index is 0.356. The highest BCUT2D eigenvalue weighted by molar-refractivity contribution is 7.11. The Hall–Kier alpha value is -0.670. The van der Waals surface area contributed by atoms with Gasteiger partial charge < -0.3 is 5.32 Å². The van der Waals surface area contributed by atoms with E-state index in [1.807, 2.05) is 6.20 Å². The molecule has 1 aromatic rings. The lowest BCUT2D eigenvalue weighted by Crippen LogP contribution is -2.19. The number of aryl methyl sites for hydroxylation is 1. The van der Waals surface area contributed by atoms with Crippen LogP contribution in [0, 0.1) is 0 Å². The van der Waals surface area contributed by atoms with Gasteiger partial charge in [0.15, 0.2) is 0 Å². The number of nitrogens with one attached hydrogen (secondary N) is 1. The van der Waals surface area contributed by atoms with Crippen LogP contribution in [0.5, 0.6) is 0 Å². The Morgan fingerprint density at radius 1 is 1.67 bits per heavy atom. The number of thiazole rings is 1. The molecule has 1 aromatic heterocycles. The third kappa shape index (κ3) is 4.14. The van der Waals surface area contributed by atoms with E-state index in [-0.39, 0.29) is 0 Å². The van der Waals surface area contributed by atoms with E-state index in [4.69, 9.17) is 0 Å². The van der Waals surface area contributed by atoms with Crippen LogP contribution in [0.1, 0.15) is 43.1 Å². The van der Waals surface area contributed by atoms with Crippen molar-refractivity contribution in [2.24, 2.45) is 0 Å². The van der Waals surface area contributed by atoms with Gasteiger partial charge in [-0.25, -0.2) is 4.98 Å². The summed E-state index contributed by atoms with van der Waals surface area (Å²) in [5.74, 6) is 0. The molecule has 2 nitrogen and oxygen atoms in total. The molecule has 1 rings (SSSR count). The molecule has 0 aliphatic carbocycles. The summed E-state index contributed by atoms with van der Waals surface area (Å²) in [6.07, 6.45) is 4.10. The van der Waals surface area contributed by atoms with Crippen molar-refractivity contribution in [3.8, 4) is 0 Å². The Balaban J connectivity index is 2.39. The van der Waals surface area contributed by atoms with E-state index in [0.717, 1.165) is 19.4 Å². The van der Waals surface area contributed by atoms with Crippen molar-refractivity contribution >= 4 is 11.3 Å². The van der Waals surface area contributed by atoms with Crippen LogP contribution in [0.25, 0.3) is 0 Å². The van der Waals surface area contributed by atoms with Crippen LogP contribution in [-0.4, -0.2) is 11.5 Å². The molecule has 0 saturated heterocycles. The maximum Gasteiger partial charge on any atom is 0.109 e. The predicted octanol–water partition coefficient (Wildman–Crippen LogP) is 3.32. The van der Waals surface area contributed by atoms with Gasteiger partial charge in [0.2, 0.25) is 0 Å². The molecule has 3 heteroatoms. The van der Waals surface area contributed by atoms with Gasteiger partial charge in [-0.15, -0.1) is 17.9 Å². The van der Waals surface area contributed by atoms with Crippen LogP contribution >= 0.6 is 11.3 Å². The second-order valence-electron chi connectivity index (χ2n) is 3.90. The highest BCUT2D eigenvalue weighted by Crippen LogP contribution is 2.20. The molecule has 15 heavy (non-hydrogen) atoms. The molecule has 0 amide bonds. The molecule has 0 aliphatic heterocycles. The molecule has 0 aliphatic rings. The maximum atomic E-state index is 4.42. The van der Waals surface area contributed by atoms with E-state index >= 15 is 0 Å². The Morgan fingerprint density at radius 3 is 2.93 bits per heavy atom. The van der Waals surface area contributed by atoms with E-state index < -0.39 is 0 Å². The predicted molar refractivity (Wildman–Crippen MR) is 67.3 cm³/mol. The molecule has 1 atom stereocenters. The molecule has 84 valence electrons. The van der Waals surface area contributed by atoms with Crippen molar-refractivity contribution < 1.29 is 0 Å². The number of hydrogen-bond acceptors (Lipinski definition) is 3. The number of hydrogen-bond donors (Lipinski definition) is 1. The smallest absolute Gasteiger partial charge is 0.109 e. The van der Waals surface area contributed by atoms with Gasteiger partial charge in [0.1, 0.15) is 5.01 Å².